The van der Waals surface area contributed by atoms with E-state index in [4.69, 9.17) is 0 Å². The maximum atomic E-state index is 11.7. The predicted octanol–water partition coefficient (Wildman–Crippen LogP) is 2.52. The first-order chi connectivity index (χ1) is 7.93. The van der Waals surface area contributed by atoms with E-state index in [1.807, 2.05) is 33.0 Å². The summed E-state index contributed by atoms with van der Waals surface area (Å²) in [6, 6.07) is 7.16. The van der Waals surface area contributed by atoms with Crippen LogP contribution in [0.15, 0.2) is 24.3 Å². The van der Waals surface area contributed by atoms with Crippen LogP contribution >= 0.6 is 0 Å². The molecule has 0 spiro atoms. The molecular weight excluding hydrogens is 236 g/mol. The lowest BCUT2D eigenvalue weighted by Crippen LogP contribution is -2.17. The van der Waals surface area contributed by atoms with Crippen molar-refractivity contribution >= 4 is 21.4 Å². The summed E-state index contributed by atoms with van der Waals surface area (Å²) in [5, 5.41) is 2.98. The highest BCUT2D eigenvalue weighted by Gasteiger charge is 2.11. The van der Waals surface area contributed by atoms with Gasteiger partial charge in [0.25, 0.3) is 0 Å². The minimum absolute atomic E-state index is 0.165. The van der Waals surface area contributed by atoms with Crippen molar-refractivity contribution in [2.75, 3.05) is 22.8 Å². The van der Waals surface area contributed by atoms with Crippen molar-refractivity contribution in [3.63, 3.8) is 0 Å². The topological polar surface area (TPSA) is 58.2 Å². The molecule has 0 fully saturated rings. The van der Waals surface area contributed by atoms with E-state index in [1.165, 1.54) is 0 Å². The average molecular weight is 256 g/mol. The number of anilines is 2. The molecule has 17 heavy (non-hydrogen) atoms. The Bertz CT molecular complexity index is 438. The number of sulfonamides is 1. The fraction of sp³-hybridized carbons (Fsp3) is 0.500. The molecule has 0 unspecified atom stereocenters. The summed E-state index contributed by atoms with van der Waals surface area (Å²) in [6.45, 7) is 4.02. The first kappa shape index (κ1) is 13.8. The number of benzene rings is 1. The molecule has 4 nitrogen and oxygen atoms in total. The Morgan fingerprint density at radius 3 is 2.12 bits per heavy atom. The fourth-order valence-electron chi connectivity index (χ4n) is 1.33. The quantitative estimate of drug-likeness (QED) is 0.822. The van der Waals surface area contributed by atoms with Gasteiger partial charge < -0.3 is 5.32 Å². The van der Waals surface area contributed by atoms with Crippen LogP contribution in [-0.4, -0.2) is 21.2 Å². The van der Waals surface area contributed by atoms with Crippen LogP contribution in [0.4, 0.5) is 11.4 Å². The molecule has 0 aliphatic rings. The van der Waals surface area contributed by atoms with Gasteiger partial charge >= 0.3 is 0 Å². The summed E-state index contributed by atoms with van der Waals surface area (Å²) in [4.78, 5) is 0. The molecule has 1 aromatic carbocycles. The molecule has 0 saturated carbocycles. The van der Waals surface area contributed by atoms with Crippen LogP contribution in [0.25, 0.3) is 0 Å². The molecule has 0 atom stereocenters. The highest BCUT2D eigenvalue weighted by molar-refractivity contribution is 7.92. The van der Waals surface area contributed by atoms with Crippen molar-refractivity contribution in [1.82, 2.24) is 0 Å². The number of rotatable bonds is 6. The van der Waals surface area contributed by atoms with Gasteiger partial charge in [0, 0.05) is 18.4 Å². The molecule has 0 aromatic heterocycles. The Hall–Kier alpha value is -1.23. The molecule has 2 N–H and O–H groups in total. The SMILES string of the molecule is CNc1ccc(NS(=O)(=O)CCC(C)C)cc1. The Kier molecular flexibility index (Phi) is 4.81. The second kappa shape index (κ2) is 5.91. The number of nitrogens with one attached hydrogen (secondary N) is 2. The van der Waals surface area contributed by atoms with E-state index in [2.05, 4.69) is 10.0 Å². The third-order valence-corrected chi connectivity index (χ3v) is 3.73. The van der Waals surface area contributed by atoms with Gasteiger partial charge in [-0.25, -0.2) is 8.42 Å². The molecule has 1 aromatic rings. The summed E-state index contributed by atoms with van der Waals surface area (Å²) in [7, 11) is -1.40. The molecule has 0 heterocycles. The van der Waals surface area contributed by atoms with Crippen LogP contribution in [0.1, 0.15) is 20.3 Å². The maximum absolute atomic E-state index is 11.7. The molecule has 0 bridgehead atoms. The third-order valence-electron chi connectivity index (χ3n) is 2.41. The van der Waals surface area contributed by atoms with Gasteiger partial charge in [-0.3, -0.25) is 4.72 Å². The van der Waals surface area contributed by atoms with Crippen molar-refractivity contribution in [1.29, 1.82) is 0 Å². The molecule has 0 amide bonds. The van der Waals surface area contributed by atoms with E-state index >= 15 is 0 Å². The monoisotopic (exact) mass is 256 g/mol. The van der Waals surface area contributed by atoms with Gasteiger partial charge in [0.1, 0.15) is 0 Å². The highest BCUT2D eigenvalue weighted by Crippen LogP contribution is 2.15. The first-order valence-electron chi connectivity index (χ1n) is 5.71. The van der Waals surface area contributed by atoms with Gasteiger partial charge in [0.2, 0.25) is 10.0 Å². The van der Waals surface area contributed by atoms with Crippen molar-refractivity contribution in [2.45, 2.75) is 20.3 Å². The number of hydrogen-bond donors (Lipinski definition) is 2. The van der Waals surface area contributed by atoms with Crippen LogP contribution in [0.5, 0.6) is 0 Å². The second-order valence-corrected chi connectivity index (χ2v) is 6.27. The Balaban J connectivity index is 2.63. The smallest absolute Gasteiger partial charge is 0.232 e. The molecule has 0 aliphatic heterocycles. The Labute approximate surface area is 103 Å². The molecule has 96 valence electrons. The maximum Gasteiger partial charge on any atom is 0.232 e. The molecule has 5 heteroatoms. The standard InChI is InChI=1S/C12H20N2O2S/c1-10(2)8-9-17(15,16)14-12-6-4-11(13-3)5-7-12/h4-7,10,13-14H,8-9H2,1-3H3. The lowest BCUT2D eigenvalue weighted by Gasteiger charge is -2.09. The molecule has 1 rings (SSSR count). The summed E-state index contributed by atoms with van der Waals surface area (Å²) < 4.78 is 26.0. The predicted molar refractivity (Wildman–Crippen MR) is 72.9 cm³/mol. The lowest BCUT2D eigenvalue weighted by molar-refractivity contribution is 0.578. The summed E-state index contributed by atoms with van der Waals surface area (Å²) in [5.74, 6) is 0.552. The second-order valence-electron chi connectivity index (χ2n) is 4.43. The zero-order valence-electron chi connectivity index (χ0n) is 10.5. The van der Waals surface area contributed by atoms with Gasteiger partial charge in [-0.05, 0) is 36.6 Å². The minimum Gasteiger partial charge on any atom is -0.388 e. The van der Waals surface area contributed by atoms with Crippen molar-refractivity contribution < 1.29 is 8.42 Å². The third kappa shape index (κ3) is 5.08. The average Bonchev–Trinajstić information content (AvgIpc) is 2.27. The van der Waals surface area contributed by atoms with E-state index < -0.39 is 10.0 Å². The molecule has 0 saturated heterocycles. The van der Waals surface area contributed by atoms with E-state index in [9.17, 15) is 8.42 Å². The zero-order chi connectivity index (χ0) is 12.9. The van der Waals surface area contributed by atoms with E-state index in [0.29, 0.717) is 18.0 Å². The van der Waals surface area contributed by atoms with Crippen LogP contribution < -0.4 is 10.0 Å². The minimum atomic E-state index is -3.22. The van der Waals surface area contributed by atoms with Crippen LogP contribution in [0.3, 0.4) is 0 Å². The fourth-order valence-corrected chi connectivity index (χ4v) is 2.71. The van der Waals surface area contributed by atoms with Crippen molar-refractivity contribution in [3.05, 3.63) is 24.3 Å². The largest absolute Gasteiger partial charge is 0.388 e. The normalized spacial score (nSPS) is 11.5. The van der Waals surface area contributed by atoms with Gasteiger partial charge in [-0.15, -0.1) is 0 Å². The van der Waals surface area contributed by atoms with E-state index in [-0.39, 0.29) is 5.75 Å². The molecule has 0 radical (unpaired) electrons. The zero-order valence-corrected chi connectivity index (χ0v) is 11.3. The van der Waals surface area contributed by atoms with E-state index in [1.54, 1.807) is 12.1 Å². The Morgan fingerprint density at radius 2 is 1.65 bits per heavy atom. The van der Waals surface area contributed by atoms with Crippen LogP contribution in [-0.2, 0) is 10.0 Å². The van der Waals surface area contributed by atoms with Crippen LogP contribution in [0.2, 0.25) is 0 Å². The summed E-state index contributed by atoms with van der Waals surface area (Å²) >= 11 is 0. The van der Waals surface area contributed by atoms with Gasteiger partial charge in [-0.1, -0.05) is 13.8 Å². The van der Waals surface area contributed by atoms with Gasteiger partial charge in [0.15, 0.2) is 0 Å². The van der Waals surface area contributed by atoms with Crippen molar-refractivity contribution in [2.24, 2.45) is 5.92 Å². The van der Waals surface area contributed by atoms with E-state index in [0.717, 1.165) is 5.69 Å². The highest BCUT2D eigenvalue weighted by atomic mass is 32.2. The lowest BCUT2D eigenvalue weighted by atomic mass is 10.2. The van der Waals surface area contributed by atoms with Gasteiger partial charge in [0.05, 0.1) is 5.75 Å². The van der Waals surface area contributed by atoms with Crippen molar-refractivity contribution in [3.8, 4) is 0 Å². The molecular formula is C12H20N2O2S. The summed E-state index contributed by atoms with van der Waals surface area (Å²) in [6.07, 6.45) is 0.671. The Morgan fingerprint density at radius 1 is 1.12 bits per heavy atom. The number of hydrogen-bond acceptors (Lipinski definition) is 3. The van der Waals surface area contributed by atoms with Gasteiger partial charge in [-0.2, -0.15) is 0 Å². The van der Waals surface area contributed by atoms with Crippen LogP contribution in [0, 0.1) is 5.92 Å². The summed E-state index contributed by atoms with van der Waals surface area (Å²) in [5.41, 5.74) is 1.56. The first-order valence-corrected chi connectivity index (χ1v) is 7.36. The molecule has 0 aliphatic carbocycles.